The molecule has 4 aromatic rings. The maximum atomic E-state index is 13.4. The maximum absolute atomic E-state index is 13.4. The molecule has 1 N–H and O–H groups in total. The number of hydrogen-bond donors (Lipinski definition) is 1. The van der Waals surface area contributed by atoms with Crippen LogP contribution in [0.4, 0.5) is 5.13 Å². The average Bonchev–Trinajstić information content (AvgIpc) is 3.41. The number of aliphatic hydroxyl groups is 1. The number of aryl methyl sites for hydroxylation is 2. The number of aromatic nitrogens is 1. The van der Waals surface area contributed by atoms with Gasteiger partial charge < -0.3 is 9.84 Å². The van der Waals surface area contributed by atoms with Crippen LogP contribution >= 0.6 is 11.3 Å². The summed E-state index contributed by atoms with van der Waals surface area (Å²) in [7, 11) is 1.29. The SMILES string of the molecule is COC(=O)c1ccc(C2C(=C(O)c3ccc(C)cc3)C(=O)C(=O)N2c2nc3ccc(C)cc3s2)cc1. The van der Waals surface area contributed by atoms with E-state index in [2.05, 4.69) is 4.98 Å². The topological polar surface area (TPSA) is 96.8 Å². The Morgan fingerprint density at radius 3 is 2.25 bits per heavy atom. The average molecular weight is 499 g/mol. The van der Waals surface area contributed by atoms with Gasteiger partial charge >= 0.3 is 11.9 Å². The zero-order chi connectivity index (χ0) is 25.6. The molecule has 3 aromatic carbocycles. The first-order chi connectivity index (χ1) is 17.3. The van der Waals surface area contributed by atoms with Crippen molar-refractivity contribution < 1.29 is 24.2 Å². The van der Waals surface area contributed by atoms with Crippen LogP contribution in [-0.2, 0) is 14.3 Å². The van der Waals surface area contributed by atoms with Crippen LogP contribution in [0.3, 0.4) is 0 Å². The van der Waals surface area contributed by atoms with Gasteiger partial charge in [-0.3, -0.25) is 14.5 Å². The van der Waals surface area contributed by atoms with Crippen molar-refractivity contribution in [2.75, 3.05) is 12.0 Å². The zero-order valence-electron chi connectivity index (χ0n) is 19.8. The molecule has 1 aliphatic rings. The lowest BCUT2D eigenvalue weighted by molar-refractivity contribution is -0.132. The van der Waals surface area contributed by atoms with E-state index in [1.165, 1.54) is 23.3 Å². The number of carbonyl (C=O) groups excluding carboxylic acids is 3. The minimum Gasteiger partial charge on any atom is -0.507 e. The van der Waals surface area contributed by atoms with Crippen LogP contribution in [0.25, 0.3) is 16.0 Å². The molecular formula is C28H22N2O5S. The van der Waals surface area contributed by atoms with Crippen molar-refractivity contribution in [2.24, 2.45) is 0 Å². The Morgan fingerprint density at radius 1 is 0.944 bits per heavy atom. The molecule has 180 valence electrons. The first-order valence-electron chi connectivity index (χ1n) is 11.2. The molecule has 1 aliphatic heterocycles. The second-order valence-electron chi connectivity index (χ2n) is 8.62. The van der Waals surface area contributed by atoms with Crippen molar-refractivity contribution in [3.8, 4) is 0 Å². The summed E-state index contributed by atoms with van der Waals surface area (Å²) in [5.74, 6) is -2.35. The third kappa shape index (κ3) is 3.95. The van der Waals surface area contributed by atoms with E-state index in [1.54, 1.807) is 36.4 Å². The van der Waals surface area contributed by atoms with Crippen LogP contribution in [0.5, 0.6) is 0 Å². The number of esters is 1. The number of thiazole rings is 1. The summed E-state index contributed by atoms with van der Waals surface area (Å²) in [5.41, 5.74) is 4.01. The minimum atomic E-state index is -0.931. The first-order valence-corrected chi connectivity index (χ1v) is 12.0. The van der Waals surface area contributed by atoms with E-state index in [1.807, 2.05) is 44.2 Å². The Labute approximate surface area is 211 Å². The highest BCUT2D eigenvalue weighted by molar-refractivity contribution is 7.22. The van der Waals surface area contributed by atoms with Crippen LogP contribution in [0.15, 0.2) is 72.3 Å². The van der Waals surface area contributed by atoms with Crippen molar-refractivity contribution in [1.29, 1.82) is 0 Å². The lowest BCUT2D eigenvalue weighted by Gasteiger charge is -2.23. The van der Waals surface area contributed by atoms with Gasteiger partial charge in [0.2, 0.25) is 0 Å². The number of Topliss-reactive ketones (excluding diaryl/α,β-unsaturated/α-hetero) is 1. The highest BCUT2D eigenvalue weighted by Gasteiger charge is 2.48. The van der Waals surface area contributed by atoms with Crippen LogP contribution in [0.1, 0.15) is 38.7 Å². The van der Waals surface area contributed by atoms with E-state index in [9.17, 15) is 19.5 Å². The monoisotopic (exact) mass is 498 g/mol. The number of fused-ring (bicyclic) bond motifs is 1. The fourth-order valence-electron chi connectivity index (χ4n) is 4.25. The number of ether oxygens (including phenoxy) is 1. The van der Waals surface area contributed by atoms with Gasteiger partial charge in [-0.05, 0) is 49.2 Å². The van der Waals surface area contributed by atoms with Gasteiger partial charge in [0.25, 0.3) is 5.78 Å². The van der Waals surface area contributed by atoms with Crippen LogP contribution in [-0.4, -0.2) is 34.9 Å². The highest BCUT2D eigenvalue weighted by atomic mass is 32.1. The molecule has 1 atom stereocenters. The number of carbonyl (C=O) groups is 3. The van der Waals surface area contributed by atoms with Crippen molar-refractivity contribution in [3.63, 3.8) is 0 Å². The molecule has 36 heavy (non-hydrogen) atoms. The molecule has 0 aliphatic carbocycles. The van der Waals surface area contributed by atoms with E-state index >= 15 is 0 Å². The van der Waals surface area contributed by atoms with Gasteiger partial charge in [0, 0.05) is 5.56 Å². The van der Waals surface area contributed by atoms with Gasteiger partial charge in [-0.25, -0.2) is 9.78 Å². The molecule has 1 fully saturated rings. The third-order valence-electron chi connectivity index (χ3n) is 6.16. The molecule has 1 amide bonds. The quantitative estimate of drug-likeness (QED) is 0.177. The Morgan fingerprint density at radius 2 is 1.58 bits per heavy atom. The summed E-state index contributed by atoms with van der Waals surface area (Å²) in [6, 6.07) is 18.3. The standard InChI is InChI=1S/C28H22N2O5S/c1-15-4-7-18(8-5-15)24(31)22-23(17-9-11-19(12-10-17)27(34)35-3)30(26(33)25(22)32)28-29-20-13-6-16(2)14-21(20)36-28/h4-14,23,31H,1-3H3. The van der Waals surface area contributed by atoms with Crippen molar-refractivity contribution in [2.45, 2.75) is 19.9 Å². The molecule has 1 unspecified atom stereocenters. The van der Waals surface area contributed by atoms with Gasteiger partial charge in [0.05, 0.1) is 34.5 Å². The number of aliphatic hydroxyl groups excluding tert-OH is 1. The van der Waals surface area contributed by atoms with Crippen molar-refractivity contribution in [1.82, 2.24) is 4.98 Å². The summed E-state index contributed by atoms with van der Waals surface area (Å²) in [6.45, 7) is 3.88. The summed E-state index contributed by atoms with van der Waals surface area (Å²) in [6.07, 6.45) is 0. The Bertz CT molecular complexity index is 1550. The molecule has 1 saturated heterocycles. The van der Waals surface area contributed by atoms with Crippen LogP contribution in [0, 0.1) is 13.8 Å². The molecule has 0 spiro atoms. The van der Waals surface area contributed by atoms with Gasteiger partial charge in [-0.15, -0.1) is 0 Å². The number of methoxy groups -OCH3 is 1. The smallest absolute Gasteiger partial charge is 0.337 e. The fraction of sp³-hybridized carbons (Fsp3) is 0.143. The second kappa shape index (κ2) is 9.05. The van der Waals surface area contributed by atoms with Gasteiger partial charge in [-0.2, -0.15) is 0 Å². The van der Waals surface area contributed by atoms with E-state index in [-0.39, 0.29) is 11.3 Å². The van der Waals surface area contributed by atoms with Crippen LogP contribution < -0.4 is 4.90 Å². The molecule has 8 heteroatoms. The van der Waals surface area contributed by atoms with Gasteiger partial charge in [0.1, 0.15) is 5.76 Å². The number of ketones is 1. The molecule has 0 radical (unpaired) electrons. The molecule has 0 bridgehead atoms. The number of nitrogens with zero attached hydrogens (tertiary/aromatic N) is 2. The molecule has 5 rings (SSSR count). The van der Waals surface area contributed by atoms with E-state index in [0.717, 1.165) is 15.8 Å². The predicted molar refractivity (Wildman–Crippen MR) is 138 cm³/mol. The number of rotatable bonds is 4. The summed E-state index contributed by atoms with van der Waals surface area (Å²) >= 11 is 1.30. The normalized spacial score (nSPS) is 17.1. The molecule has 7 nitrogen and oxygen atoms in total. The molecule has 2 heterocycles. The largest absolute Gasteiger partial charge is 0.507 e. The molecular weight excluding hydrogens is 476 g/mol. The van der Waals surface area contributed by atoms with Crippen molar-refractivity contribution >= 4 is 50.1 Å². The number of anilines is 1. The minimum absolute atomic E-state index is 0.0369. The lowest BCUT2D eigenvalue weighted by atomic mass is 9.94. The Kier molecular flexibility index (Phi) is 5.89. The highest BCUT2D eigenvalue weighted by Crippen LogP contribution is 2.44. The van der Waals surface area contributed by atoms with Gasteiger partial charge in [-0.1, -0.05) is 59.4 Å². The number of amides is 1. The third-order valence-corrected chi connectivity index (χ3v) is 7.17. The van der Waals surface area contributed by atoms with E-state index in [0.29, 0.717) is 27.3 Å². The van der Waals surface area contributed by atoms with Crippen LogP contribution in [0.2, 0.25) is 0 Å². The van der Waals surface area contributed by atoms with Gasteiger partial charge in [0.15, 0.2) is 5.13 Å². The van der Waals surface area contributed by atoms with E-state index < -0.39 is 23.7 Å². The summed E-state index contributed by atoms with van der Waals surface area (Å²) in [5, 5.41) is 11.6. The summed E-state index contributed by atoms with van der Waals surface area (Å²) < 4.78 is 5.66. The molecule has 0 saturated carbocycles. The fourth-order valence-corrected chi connectivity index (χ4v) is 5.34. The van der Waals surface area contributed by atoms with Crippen molar-refractivity contribution in [3.05, 3.63) is 100 Å². The predicted octanol–water partition coefficient (Wildman–Crippen LogP) is 5.33. The number of hydrogen-bond acceptors (Lipinski definition) is 7. The zero-order valence-corrected chi connectivity index (χ0v) is 20.6. The second-order valence-corrected chi connectivity index (χ2v) is 9.63. The maximum Gasteiger partial charge on any atom is 0.337 e. The first kappa shape index (κ1) is 23.4. The molecule has 1 aromatic heterocycles. The summed E-state index contributed by atoms with van der Waals surface area (Å²) in [4.78, 5) is 44.6. The number of benzene rings is 3. The Balaban J connectivity index is 1.70. The Hall–Kier alpha value is -4.30. The van der Waals surface area contributed by atoms with E-state index in [4.69, 9.17) is 4.74 Å². The lowest BCUT2D eigenvalue weighted by Crippen LogP contribution is -2.29.